The molecule has 1 saturated heterocycles. The van der Waals surface area contributed by atoms with E-state index in [1.54, 1.807) is 13.8 Å². The minimum absolute atomic E-state index is 0.0249. The molecule has 206 valence electrons. The van der Waals surface area contributed by atoms with Crippen LogP contribution in [0, 0.1) is 0 Å². The Morgan fingerprint density at radius 2 is 1.76 bits per heavy atom. The Labute approximate surface area is 215 Å². The maximum atomic E-state index is 13.5. The predicted octanol–water partition coefficient (Wildman–Crippen LogP) is 2.74. The van der Waals surface area contributed by atoms with Crippen molar-refractivity contribution >= 4 is 5.91 Å². The highest BCUT2D eigenvalue weighted by molar-refractivity contribution is 5.82. The van der Waals surface area contributed by atoms with Crippen molar-refractivity contribution in [3.05, 3.63) is 46.5 Å². The first-order valence-electron chi connectivity index (χ1n) is 11.6. The van der Waals surface area contributed by atoms with Gasteiger partial charge in [0.05, 0.1) is 26.9 Å². The Hall–Kier alpha value is -3.26. The van der Waals surface area contributed by atoms with Gasteiger partial charge in [-0.15, -0.1) is 0 Å². The Kier molecular flexibility index (Phi) is 6.17. The maximum absolute atomic E-state index is 13.5. The van der Waals surface area contributed by atoms with E-state index in [0.717, 1.165) is 0 Å². The van der Waals surface area contributed by atoms with E-state index in [2.05, 4.69) is 0 Å². The molecule has 4 atom stereocenters. The van der Waals surface area contributed by atoms with E-state index in [4.69, 9.17) is 28.4 Å². The topological polar surface area (TPSA) is 125 Å². The molecule has 2 aliphatic heterocycles. The number of fused-ring (bicyclic) bond motifs is 4. The van der Waals surface area contributed by atoms with Crippen LogP contribution in [0.25, 0.3) is 0 Å². The van der Waals surface area contributed by atoms with Crippen molar-refractivity contribution in [3.63, 3.8) is 0 Å². The highest BCUT2D eigenvalue weighted by atomic mass is 19.4. The van der Waals surface area contributed by atoms with Crippen LogP contribution in [0.3, 0.4) is 0 Å². The molecular weight excluding hydrogens is 515 g/mol. The molecule has 1 aliphatic carbocycles. The zero-order valence-electron chi connectivity index (χ0n) is 20.8. The largest absolute Gasteiger partial charge is 0.493 e. The fourth-order valence-corrected chi connectivity index (χ4v) is 5.41. The van der Waals surface area contributed by atoms with E-state index in [9.17, 15) is 28.2 Å². The molecule has 2 heterocycles. The van der Waals surface area contributed by atoms with Gasteiger partial charge in [0.1, 0.15) is 17.8 Å². The van der Waals surface area contributed by atoms with Gasteiger partial charge in [0.2, 0.25) is 6.79 Å². The van der Waals surface area contributed by atoms with Crippen LogP contribution in [0.5, 0.6) is 23.0 Å². The molecule has 0 unspecified atom stereocenters. The van der Waals surface area contributed by atoms with Crippen LogP contribution in [0.1, 0.15) is 48.2 Å². The van der Waals surface area contributed by atoms with E-state index in [1.807, 2.05) is 5.32 Å². The van der Waals surface area contributed by atoms with E-state index in [-0.39, 0.29) is 40.7 Å². The Bertz CT molecular complexity index is 1280. The molecule has 0 radical (unpaired) electrons. The smallest absolute Gasteiger partial charge is 0.471 e. The van der Waals surface area contributed by atoms with Gasteiger partial charge >= 0.3 is 12.1 Å². The minimum Gasteiger partial charge on any atom is -0.493 e. The summed E-state index contributed by atoms with van der Waals surface area (Å²) in [5.74, 6) is -2.77. The molecule has 13 heteroatoms. The summed E-state index contributed by atoms with van der Waals surface area (Å²) in [7, 11) is 2.68. The minimum atomic E-state index is -5.27. The van der Waals surface area contributed by atoms with Crippen molar-refractivity contribution in [1.29, 1.82) is 0 Å². The second-order valence-electron chi connectivity index (χ2n) is 9.53. The fourth-order valence-electron chi connectivity index (χ4n) is 5.41. The lowest BCUT2D eigenvalue weighted by molar-refractivity contribution is -0.190. The summed E-state index contributed by atoms with van der Waals surface area (Å²) in [6, 6.07) is 4.01. The van der Waals surface area contributed by atoms with Crippen LogP contribution in [0.2, 0.25) is 0 Å². The number of ether oxygens (including phenoxy) is 6. The van der Waals surface area contributed by atoms with Gasteiger partial charge in [0.25, 0.3) is 0 Å². The van der Waals surface area contributed by atoms with Gasteiger partial charge in [-0.3, -0.25) is 4.79 Å². The van der Waals surface area contributed by atoms with Crippen molar-refractivity contribution in [3.8, 4) is 23.0 Å². The Morgan fingerprint density at radius 1 is 1.11 bits per heavy atom. The normalized spacial score (nSPS) is 26.9. The number of aliphatic hydroxyl groups excluding tert-OH is 1. The maximum Gasteiger partial charge on any atom is 0.471 e. The molecule has 1 amide bonds. The lowest BCUT2D eigenvalue weighted by Gasteiger charge is -2.47. The van der Waals surface area contributed by atoms with Crippen molar-refractivity contribution in [2.45, 2.75) is 56.3 Å². The number of alkyl halides is 3. The molecule has 38 heavy (non-hydrogen) atoms. The average molecular weight is 541 g/mol. The van der Waals surface area contributed by atoms with Crippen LogP contribution in [0.4, 0.5) is 13.2 Å². The van der Waals surface area contributed by atoms with Crippen LogP contribution < -0.4 is 24.3 Å². The lowest BCUT2D eigenvalue weighted by atomic mass is 9.68. The first kappa shape index (κ1) is 26.4. The fraction of sp³-hybridized carbons (Fsp3) is 0.480. The zero-order chi connectivity index (χ0) is 27.6. The van der Waals surface area contributed by atoms with Crippen molar-refractivity contribution in [1.82, 2.24) is 5.32 Å². The number of aliphatic hydroxyl groups is 2. The van der Waals surface area contributed by atoms with Crippen LogP contribution in [-0.2, 0) is 26.5 Å². The van der Waals surface area contributed by atoms with Gasteiger partial charge in [-0.1, -0.05) is 6.07 Å². The lowest BCUT2D eigenvalue weighted by Crippen LogP contribution is -2.57. The SMILES string of the molecule is COc1ccc([C@@]2(O)[C@H](NC(=O)C(F)(F)F)c3cc4c(cc3[C@@H]3OC(C)(C)O[C@@H]32)OCO4)c(CO)c1OC. The van der Waals surface area contributed by atoms with Gasteiger partial charge in [-0.25, -0.2) is 0 Å². The molecule has 3 aliphatic rings. The van der Waals surface area contributed by atoms with Gasteiger partial charge in [0.15, 0.2) is 28.8 Å². The number of amides is 1. The quantitative estimate of drug-likeness (QED) is 0.524. The monoisotopic (exact) mass is 541 g/mol. The number of benzene rings is 2. The zero-order valence-corrected chi connectivity index (χ0v) is 20.8. The molecule has 1 fully saturated rings. The summed E-state index contributed by atoms with van der Waals surface area (Å²) >= 11 is 0. The molecule has 5 rings (SSSR count). The van der Waals surface area contributed by atoms with Crippen molar-refractivity contribution < 1.29 is 56.6 Å². The van der Waals surface area contributed by atoms with Gasteiger partial charge in [-0.2, -0.15) is 13.2 Å². The molecule has 0 spiro atoms. The van der Waals surface area contributed by atoms with Crippen LogP contribution in [-0.4, -0.2) is 55.2 Å². The van der Waals surface area contributed by atoms with Crippen LogP contribution in [0.15, 0.2) is 24.3 Å². The van der Waals surface area contributed by atoms with E-state index >= 15 is 0 Å². The average Bonchev–Trinajstić information content (AvgIpc) is 3.46. The first-order chi connectivity index (χ1) is 17.9. The number of methoxy groups -OCH3 is 2. The first-order valence-corrected chi connectivity index (χ1v) is 11.6. The Balaban J connectivity index is 1.81. The third-order valence-electron chi connectivity index (χ3n) is 6.94. The van der Waals surface area contributed by atoms with E-state index in [0.29, 0.717) is 11.3 Å². The van der Waals surface area contributed by atoms with Crippen LogP contribution >= 0.6 is 0 Å². The molecule has 3 N–H and O–H groups in total. The van der Waals surface area contributed by atoms with Gasteiger partial charge < -0.3 is 44.0 Å². The summed E-state index contributed by atoms with van der Waals surface area (Å²) < 4.78 is 74.4. The van der Waals surface area contributed by atoms with Crippen molar-refractivity contribution in [2.24, 2.45) is 0 Å². The number of hydrogen-bond acceptors (Lipinski definition) is 9. The molecule has 0 saturated carbocycles. The second kappa shape index (κ2) is 8.90. The van der Waals surface area contributed by atoms with E-state index in [1.165, 1.54) is 38.5 Å². The summed E-state index contributed by atoms with van der Waals surface area (Å²) in [5.41, 5.74) is -2.00. The van der Waals surface area contributed by atoms with Gasteiger partial charge in [-0.05, 0) is 48.7 Å². The standard InChI is InChI=1S/C25H26F3NO9/c1-23(2)37-19-11-7-16-17(36-10-35-16)8-12(11)20(29-22(31)25(26,27)28)24(32,21(19)38-23)14-5-6-15(33-3)18(34-4)13(14)9-30/h5-8,19-21,30,32H,9-10H2,1-4H3,(H,29,31)/t19-,20+,21-,24+/m0/s1. The molecule has 2 aromatic carbocycles. The third-order valence-corrected chi connectivity index (χ3v) is 6.94. The number of rotatable bonds is 5. The van der Waals surface area contributed by atoms with Crippen molar-refractivity contribution in [2.75, 3.05) is 21.0 Å². The highest BCUT2D eigenvalue weighted by Crippen LogP contribution is 2.59. The molecule has 10 nitrogen and oxygen atoms in total. The summed E-state index contributed by atoms with van der Waals surface area (Å²) in [6.45, 7) is 2.36. The molecular formula is C25H26F3NO9. The summed E-state index contributed by atoms with van der Waals surface area (Å²) in [5, 5.41) is 24.8. The highest BCUT2D eigenvalue weighted by Gasteiger charge is 2.63. The third kappa shape index (κ3) is 3.92. The molecule has 0 aromatic heterocycles. The number of hydrogen-bond donors (Lipinski definition) is 3. The molecule has 2 aromatic rings. The second-order valence-corrected chi connectivity index (χ2v) is 9.53. The number of halogens is 3. The Morgan fingerprint density at radius 3 is 2.34 bits per heavy atom. The summed E-state index contributed by atoms with van der Waals surface area (Å²) in [4.78, 5) is 12.3. The number of nitrogens with one attached hydrogen (secondary N) is 1. The number of carbonyl (C=O) groups is 1. The summed E-state index contributed by atoms with van der Waals surface area (Å²) in [6.07, 6.45) is -7.61. The number of carbonyl (C=O) groups excluding carboxylic acids is 1. The van der Waals surface area contributed by atoms with E-state index < -0.39 is 48.3 Å². The predicted molar refractivity (Wildman–Crippen MR) is 122 cm³/mol. The molecule has 0 bridgehead atoms. The van der Waals surface area contributed by atoms with Gasteiger partial charge in [0, 0.05) is 5.56 Å².